The number of halogens is 1. The Morgan fingerprint density at radius 3 is 2.58 bits per heavy atom. The van der Waals surface area contributed by atoms with Gasteiger partial charge >= 0.3 is 0 Å². The Kier molecular flexibility index (Phi) is 4.62. The molecule has 1 fully saturated rings. The summed E-state index contributed by atoms with van der Waals surface area (Å²) in [6.45, 7) is 1.96. The van der Waals surface area contributed by atoms with Gasteiger partial charge in [0.1, 0.15) is 0 Å². The molecule has 0 aliphatic heterocycles. The molecule has 0 bridgehead atoms. The molecule has 0 aromatic carbocycles. The Labute approximate surface area is 125 Å². The Bertz CT molecular complexity index is 475. The van der Waals surface area contributed by atoms with Crippen molar-refractivity contribution in [3.05, 3.63) is 20.3 Å². The van der Waals surface area contributed by atoms with Gasteiger partial charge in [0.15, 0.2) is 0 Å². The number of hydrogen-bond acceptors (Lipinski definition) is 3. The van der Waals surface area contributed by atoms with Crippen molar-refractivity contribution in [3.63, 3.8) is 0 Å². The van der Waals surface area contributed by atoms with Crippen LogP contribution in [0.1, 0.15) is 40.9 Å². The van der Waals surface area contributed by atoms with Gasteiger partial charge in [0.2, 0.25) is 5.91 Å². The molecule has 104 valence electrons. The molecule has 2 amide bonds. The van der Waals surface area contributed by atoms with Gasteiger partial charge in [-0.3, -0.25) is 9.59 Å². The first kappa shape index (κ1) is 14.5. The van der Waals surface area contributed by atoms with Gasteiger partial charge in [-0.05, 0) is 47.3 Å². The zero-order valence-electron chi connectivity index (χ0n) is 10.8. The van der Waals surface area contributed by atoms with Crippen LogP contribution in [0.5, 0.6) is 0 Å². The van der Waals surface area contributed by atoms with E-state index in [0.29, 0.717) is 4.88 Å². The normalized spacial score (nSPS) is 15.7. The van der Waals surface area contributed by atoms with Crippen LogP contribution in [0.4, 0.5) is 0 Å². The fourth-order valence-corrected chi connectivity index (χ4v) is 3.95. The third-order valence-corrected chi connectivity index (χ3v) is 5.55. The van der Waals surface area contributed by atoms with E-state index in [1.807, 2.05) is 13.0 Å². The Morgan fingerprint density at radius 1 is 1.47 bits per heavy atom. The Balaban J connectivity index is 2.21. The molecule has 1 aromatic heterocycles. The minimum absolute atomic E-state index is 0.0120. The molecule has 1 heterocycles. The average Bonchev–Trinajstić information content (AvgIpc) is 2.96. The summed E-state index contributed by atoms with van der Waals surface area (Å²) in [5, 5.41) is 0. The molecule has 0 saturated heterocycles. The number of thiophene rings is 1. The second-order valence-electron chi connectivity index (χ2n) is 4.91. The van der Waals surface area contributed by atoms with E-state index in [2.05, 4.69) is 15.9 Å². The van der Waals surface area contributed by atoms with E-state index in [9.17, 15) is 9.59 Å². The lowest BCUT2D eigenvalue weighted by Gasteiger charge is -2.27. The summed E-state index contributed by atoms with van der Waals surface area (Å²) < 4.78 is 0.960. The minimum atomic E-state index is -0.451. The molecular weight excluding hydrogens is 328 g/mol. The minimum Gasteiger partial charge on any atom is -0.368 e. The molecule has 0 radical (unpaired) electrons. The quantitative estimate of drug-likeness (QED) is 0.912. The SMILES string of the molecule is Cc1cc(C(=O)N(CC(N)=O)C2CCCC2)sc1Br. The van der Waals surface area contributed by atoms with Gasteiger partial charge < -0.3 is 10.6 Å². The molecule has 1 aliphatic carbocycles. The van der Waals surface area contributed by atoms with Crippen molar-refractivity contribution >= 4 is 39.1 Å². The molecule has 0 unspecified atom stereocenters. The summed E-state index contributed by atoms with van der Waals surface area (Å²) in [5.74, 6) is -0.530. The highest BCUT2D eigenvalue weighted by Gasteiger charge is 2.29. The van der Waals surface area contributed by atoms with Crippen LogP contribution in [0.15, 0.2) is 9.85 Å². The standard InChI is InChI=1S/C13H17BrN2O2S/c1-8-6-10(19-12(8)14)13(18)16(7-11(15)17)9-4-2-3-5-9/h6,9H,2-5,7H2,1H3,(H2,15,17). The summed E-state index contributed by atoms with van der Waals surface area (Å²) in [4.78, 5) is 26.0. The maximum absolute atomic E-state index is 12.5. The monoisotopic (exact) mass is 344 g/mol. The van der Waals surface area contributed by atoms with E-state index >= 15 is 0 Å². The summed E-state index contributed by atoms with van der Waals surface area (Å²) in [6.07, 6.45) is 4.15. The second kappa shape index (κ2) is 6.05. The highest BCUT2D eigenvalue weighted by atomic mass is 79.9. The van der Waals surface area contributed by atoms with Crippen molar-refractivity contribution in [2.45, 2.75) is 38.6 Å². The van der Waals surface area contributed by atoms with Gasteiger partial charge in [-0.1, -0.05) is 12.8 Å². The predicted octanol–water partition coefficient (Wildman–Crippen LogP) is 2.69. The van der Waals surface area contributed by atoms with Gasteiger partial charge in [-0.15, -0.1) is 11.3 Å². The Morgan fingerprint density at radius 2 is 2.11 bits per heavy atom. The number of rotatable bonds is 4. The van der Waals surface area contributed by atoms with Gasteiger partial charge in [0.25, 0.3) is 5.91 Å². The molecule has 2 rings (SSSR count). The average molecular weight is 345 g/mol. The Hall–Kier alpha value is -0.880. The van der Waals surface area contributed by atoms with E-state index in [1.165, 1.54) is 11.3 Å². The lowest BCUT2D eigenvalue weighted by Crippen LogP contribution is -2.43. The van der Waals surface area contributed by atoms with E-state index in [-0.39, 0.29) is 18.5 Å². The molecule has 4 nitrogen and oxygen atoms in total. The van der Waals surface area contributed by atoms with Crippen LogP contribution in [-0.4, -0.2) is 29.3 Å². The lowest BCUT2D eigenvalue weighted by molar-refractivity contribution is -0.119. The molecular formula is C13H17BrN2O2S. The first-order valence-corrected chi connectivity index (χ1v) is 7.95. The highest BCUT2D eigenvalue weighted by molar-refractivity contribution is 9.11. The number of carbonyl (C=O) groups excluding carboxylic acids is 2. The molecule has 0 spiro atoms. The fraction of sp³-hybridized carbons (Fsp3) is 0.538. The van der Waals surface area contributed by atoms with Crippen molar-refractivity contribution in [3.8, 4) is 0 Å². The fourth-order valence-electron chi connectivity index (χ4n) is 2.46. The number of hydrogen-bond donors (Lipinski definition) is 1. The van der Waals surface area contributed by atoms with Crippen LogP contribution in [0, 0.1) is 6.92 Å². The van der Waals surface area contributed by atoms with E-state index in [0.717, 1.165) is 35.0 Å². The first-order valence-electron chi connectivity index (χ1n) is 6.34. The summed E-state index contributed by atoms with van der Waals surface area (Å²) >= 11 is 4.83. The summed E-state index contributed by atoms with van der Waals surface area (Å²) in [6, 6.07) is 2.02. The third kappa shape index (κ3) is 3.36. The largest absolute Gasteiger partial charge is 0.368 e. The van der Waals surface area contributed by atoms with Crippen LogP contribution in [0.25, 0.3) is 0 Å². The number of nitrogens with zero attached hydrogens (tertiary/aromatic N) is 1. The molecule has 19 heavy (non-hydrogen) atoms. The number of primary amides is 1. The smallest absolute Gasteiger partial charge is 0.264 e. The number of amides is 2. The molecule has 1 aromatic rings. The molecule has 1 saturated carbocycles. The van der Waals surface area contributed by atoms with Crippen LogP contribution in [0.3, 0.4) is 0 Å². The molecule has 1 aliphatic rings. The summed E-state index contributed by atoms with van der Waals surface area (Å²) in [7, 11) is 0. The van der Waals surface area contributed by atoms with E-state index < -0.39 is 5.91 Å². The van der Waals surface area contributed by atoms with Crippen LogP contribution in [-0.2, 0) is 4.79 Å². The summed E-state index contributed by atoms with van der Waals surface area (Å²) in [5.41, 5.74) is 6.31. The molecule has 6 heteroatoms. The van der Waals surface area contributed by atoms with Gasteiger partial charge in [-0.25, -0.2) is 0 Å². The maximum atomic E-state index is 12.5. The lowest BCUT2D eigenvalue weighted by atomic mass is 10.2. The van der Waals surface area contributed by atoms with Crippen molar-refractivity contribution in [1.29, 1.82) is 0 Å². The maximum Gasteiger partial charge on any atom is 0.264 e. The topological polar surface area (TPSA) is 63.4 Å². The van der Waals surface area contributed by atoms with Crippen LogP contribution >= 0.6 is 27.3 Å². The molecule has 0 atom stereocenters. The van der Waals surface area contributed by atoms with Crippen molar-refractivity contribution in [1.82, 2.24) is 4.90 Å². The molecule has 2 N–H and O–H groups in total. The highest BCUT2D eigenvalue weighted by Crippen LogP contribution is 2.30. The van der Waals surface area contributed by atoms with E-state index in [1.54, 1.807) is 4.90 Å². The van der Waals surface area contributed by atoms with Gasteiger partial charge in [0, 0.05) is 6.04 Å². The van der Waals surface area contributed by atoms with Crippen LogP contribution in [0.2, 0.25) is 0 Å². The predicted molar refractivity (Wildman–Crippen MR) is 79.2 cm³/mol. The zero-order chi connectivity index (χ0) is 14.0. The van der Waals surface area contributed by atoms with Gasteiger partial charge in [0.05, 0.1) is 15.2 Å². The number of nitrogens with two attached hydrogens (primary N) is 1. The van der Waals surface area contributed by atoms with E-state index in [4.69, 9.17) is 5.73 Å². The van der Waals surface area contributed by atoms with Crippen molar-refractivity contribution in [2.24, 2.45) is 5.73 Å². The van der Waals surface area contributed by atoms with Crippen molar-refractivity contribution < 1.29 is 9.59 Å². The number of aryl methyl sites for hydroxylation is 1. The zero-order valence-corrected chi connectivity index (χ0v) is 13.2. The van der Waals surface area contributed by atoms with Crippen molar-refractivity contribution in [2.75, 3.05) is 6.54 Å². The second-order valence-corrected chi connectivity index (χ2v) is 7.28. The number of carbonyl (C=O) groups is 2. The van der Waals surface area contributed by atoms with Crippen LogP contribution < -0.4 is 5.73 Å². The third-order valence-electron chi connectivity index (χ3n) is 3.42. The first-order chi connectivity index (χ1) is 8.99. The van der Waals surface area contributed by atoms with Gasteiger partial charge in [-0.2, -0.15) is 0 Å².